The van der Waals surface area contributed by atoms with Crippen molar-refractivity contribution in [3.05, 3.63) is 28.2 Å². The Bertz CT molecular complexity index is 524. The molecule has 102 valence electrons. The smallest absolute Gasteiger partial charge is 0.242 e. The third kappa shape index (κ3) is 3.54. The summed E-state index contributed by atoms with van der Waals surface area (Å²) in [4.78, 5) is 0.182. The largest absolute Gasteiger partial charge is 0.394 e. The van der Waals surface area contributed by atoms with Crippen molar-refractivity contribution in [2.45, 2.75) is 37.6 Å². The van der Waals surface area contributed by atoms with E-state index in [1.165, 1.54) is 0 Å². The molecule has 6 heteroatoms. The Hall–Kier alpha value is -0.430. The molecule has 1 aromatic rings. The number of hydrogen-bond acceptors (Lipinski definition) is 3. The van der Waals surface area contributed by atoms with Gasteiger partial charge in [0.2, 0.25) is 10.0 Å². The highest BCUT2D eigenvalue weighted by Crippen LogP contribution is 2.24. The highest BCUT2D eigenvalue weighted by atomic mass is 79.9. The topological polar surface area (TPSA) is 66.4 Å². The van der Waals surface area contributed by atoms with Crippen molar-refractivity contribution in [3.8, 4) is 0 Å². The molecule has 0 radical (unpaired) electrons. The molecular formula is C12H18BrNO3S. The van der Waals surface area contributed by atoms with Gasteiger partial charge < -0.3 is 5.11 Å². The molecule has 1 aromatic carbocycles. The predicted octanol–water partition coefficient (Wildman–Crippen LogP) is 2.20. The van der Waals surface area contributed by atoms with Crippen LogP contribution in [0, 0.1) is 6.92 Å². The number of benzene rings is 1. The summed E-state index contributed by atoms with van der Waals surface area (Å²) >= 11 is 3.25. The summed E-state index contributed by atoms with van der Waals surface area (Å²) in [5.74, 6) is 0. The van der Waals surface area contributed by atoms with Crippen LogP contribution in [0.2, 0.25) is 0 Å². The quantitative estimate of drug-likeness (QED) is 0.866. The molecule has 18 heavy (non-hydrogen) atoms. The van der Waals surface area contributed by atoms with E-state index in [9.17, 15) is 13.5 Å². The summed E-state index contributed by atoms with van der Waals surface area (Å²) in [5, 5.41) is 9.27. The lowest BCUT2D eigenvalue weighted by atomic mass is 10.0. The SMILES string of the molecule is CCC(C)(CO)NS(=O)(=O)c1ccc(C)cc1Br. The normalized spacial score (nSPS) is 15.4. The Morgan fingerprint density at radius 1 is 1.44 bits per heavy atom. The highest BCUT2D eigenvalue weighted by Gasteiger charge is 2.29. The van der Waals surface area contributed by atoms with Crippen LogP contribution in [0.3, 0.4) is 0 Å². The molecule has 1 unspecified atom stereocenters. The molecule has 0 saturated heterocycles. The zero-order chi connectivity index (χ0) is 14.0. The van der Waals surface area contributed by atoms with E-state index in [1.54, 1.807) is 25.1 Å². The molecular weight excluding hydrogens is 318 g/mol. The van der Waals surface area contributed by atoms with E-state index >= 15 is 0 Å². The van der Waals surface area contributed by atoms with Gasteiger partial charge in [0.15, 0.2) is 0 Å². The second-order valence-electron chi connectivity index (χ2n) is 4.61. The van der Waals surface area contributed by atoms with Gasteiger partial charge in [-0.3, -0.25) is 0 Å². The molecule has 4 nitrogen and oxygen atoms in total. The van der Waals surface area contributed by atoms with Gasteiger partial charge in [0, 0.05) is 4.47 Å². The molecule has 0 saturated carbocycles. The van der Waals surface area contributed by atoms with Crippen molar-refractivity contribution in [2.75, 3.05) is 6.61 Å². The molecule has 0 heterocycles. The first-order chi connectivity index (χ1) is 8.24. The van der Waals surface area contributed by atoms with Crippen LogP contribution < -0.4 is 4.72 Å². The maximum Gasteiger partial charge on any atom is 0.242 e. The molecule has 0 aliphatic heterocycles. The second-order valence-corrected chi connectivity index (χ2v) is 7.12. The Labute approximate surface area is 117 Å². The van der Waals surface area contributed by atoms with Crippen LogP contribution in [0.4, 0.5) is 0 Å². The molecule has 0 spiro atoms. The number of aliphatic hydroxyl groups excluding tert-OH is 1. The van der Waals surface area contributed by atoms with Crippen molar-refractivity contribution < 1.29 is 13.5 Å². The highest BCUT2D eigenvalue weighted by molar-refractivity contribution is 9.10. The van der Waals surface area contributed by atoms with Gasteiger partial charge in [0.05, 0.1) is 17.0 Å². The van der Waals surface area contributed by atoms with E-state index in [4.69, 9.17) is 0 Å². The summed E-state index contributed by atoms with van der Waals surface area (Å²) in [7, 11) is -3.65. The minimum atomic E-state index is -3.65. The monoisotopic (exact) mass is 335 g/mol. The lowest BCUT2D eigenvalue weighted by Crippen LogP contribution is -2.48. The molecule has 0 aliphatic carbocycles. The molecule has 0 aromatic heterocycles. The maximum absolute atomic E-state index is 12.2. The van der Waals surface area contributed by atoms with Gasteiger partial charge in [-0.2, -0.15) is 0 Å². The maximum atomic E-state index is 12.2. The summed E-state index contributed by atoms with van der Waals surface area (Å²) in [6.07, 6.45) is 0.506. The third-order valence-electron chi connectivity index (χ3n) is 2.89. The minimum Gasteiger partial charge on any atom is -0.394 e. The number of aryl methyl sites for hydroxylation is 1. The number of halogens is 1. The molecule has 0 fully saturated rings. The van der Waals surface area contributed by atoms with E-state index < -0.39 is 15.6 Å². The molecule has 0 amide bonds. The summed E-state index contributed by atoms with van der Waals surface area (Å²) in [6, 6.07) is 5.04. The first-order valence-electron chi connectivity index (χ1n) is 5.65. The van der Waals surface area contributed by atoms with Crippen molar-refractivity contribution in [1.82, 2.24) is 4.72 Å². The lowest BCUT2D eigenvalue weighted by molar-refractivity contribution is 0.191. The third-order valence-corrected chi connectivity index (χ3v) is 5.50. The van der Waals surface area contributed by atoms with Crippen LogP contribution in [0.25, 0.3) is 0 Å². The van der Waals surface area contributed by atoms with Gasteiger partial charge in [0.1, 0.15) is 0 Å². The van der Waals surface area contributed by atoms with Crippen molar-refractivity contribution in [3.63, 3.8) is 0 Å². The van der Waals surface area contributed by atoms with Gasteiger partial charge in [0.25, 0.3) is 0 Å². The van der Waals surface area contributed by atoms with Crippen LogP contribution in [0.5, 0.6) is 0 Å². The summed E-state index contributed by atoms with van der Waals surface area (Å²) < 4.78 is 27.5. The van der Waals surface area contributed by atoms with E-state index in [2.05, 4.69) is 20.7 Å². The van der Waals surface area contributed by atoms with Crippen molar-refractivity contribution in [1.29, 1.82) is 0 Å². The molecule has 0 bridgehead atoms. The van der Waals surface area contributed by atoms with Gasteiger partial charge in [-0.15, -0.1) is 0 Å². The van der Waals surface area contributed by atoms with E-state index in [1.807, 2.05) is 13.8 Å². The number of sulfonamides is 1. The number of nitrogens with one attached hydrogen (secondary N) is 1. The van der Waals surface area contributed by atoms with Crippen molar-refractivity contribution >= 4 is 26.0 Å². The molecule has 2 N–H and O–H groups in total. The Morgan fingerprint density at radius 2 is 2.06 bits per heavy atom. The first-order valence-corrected chi connectivity index (χ1v) is 7.93. The van der Waals surface area contributed by atoms with Crippen LogP contribution in [0.1, 0.15) is 25.8 Å². The Kier molecular flexibility index (Phi) is 4.94. The molecule has 0 aliphatic rings. The number of hydrogen-bond donors (Lipinski definition) is 2. The zero-order valence-electron chi connectivity index (χ0n) is 10.7. The van der Waals surface area contributed by atoms with E-state index in [0.29, 0.717) is 10.9 Å². The van der Waals surface area contributed by atoms with Gasteiger partial charge in [-0.25, -0.2) is 13.1 Å². The average Bonchev–Trinajstić information content (AvgIpc) is 2.27. The summed E-state index contributed by atoms with van der Waals surface area (Å²) in [6.45, 7) is 5.14. The van der Waals surface area contributed by atoms with Crippen LogP contribution in [0.15, 0.2) is 27.6 Å². The summed E-state index contributed by atoms with van der Waals surface area (Å²) in [5.41, 5.74) is 0.129. The fourth-order valence-electron chi connectivity index (χ4n) is 1.42. The van der Waals surface area contributed by atoms with Crippen molar-refractivity contribution in [2.24, 2.45) is 0 Å². The van der Waals surface area contributed by atoms with Gasteiger partial charge >= 0.3 is 0 Å². The Balaban J connectivity index is 3.15. The van der Waals surface area contributed by atoms with E-state index in [0.717, 1.165) is 5.56 Å². The lowest BCUT2D eigenvalue weighted by Gasteiger charge is -2.27. The van der Waals surface area contributed by atoms with Gasteiger partial charge in [-0.1, -0.05) is 13.0 Å². The first kappa shape index (κ1) is 15.6. The minimum absolute atomic E-state index is 0.182. The van der Waals surface area contributed by atoms with Crippen LogP contribution >= 0.6 is 15.9 Å². The van der Waals surface area contributed by atoms with E-state index in [-0.39, 0.29) is 11.5 Å². The standard InChI is InChI=1S/C12H18BrNO3S/c1-4-12(3,8-15)14-18(16,17)11-6-5-9(2)7-10(11)13/h5-7,14-15H,4,8H2,1-3H3. The Morgan fingerprint density at radius 3 is 2.50 bits per heavy atom. The van der Waals surface area contributed by atoms with Crippen LogP contribution in [-0.4, -0.2) is 25.7 Å². The molecule has 1 rings (SSSR count). The predicted molar refractivity (Wildman–Crippen MR) is 75.0 cm³/mol. The second kappa shape index (κ2) is 5.69. The average molecular weight is 336 g/mol. The van der Waals surface area contributed by atoms with Gasteiger partial charge in [-0.05, 0) is 53.9 Å². The number of rotatable bonds is 5. The zero-order valence-corrected chi connectivity index (χ0v) is 13.1. The van der Waals surface area contributed by atoms with Crippen LogP contribution in [-0.2, 0) is 10.0 Å². The fraction of sp³-hybridized carbons (Fsp3) is 0.500. The number of aliphatic hydroxyl groups is 1. The fourth-order valence-corrected chi connectivity index (χ4v) is 4.08. The molecule has 1 atom stereocenters.